The van der Waals surface area contributed by atoms with Crippen LogP contribution >= 0.6 is 0 Å². The van der Waals surface area contributed by atoms with E-state index in [0.29, 0.717) is 0 Å². The molecule has 88 valence electrons. The van der Waals surface area contributed by atoms with Crippen molar-refractivity contribution in [2.75, 3.05) is 6.61 Å². The van der Waals surface area contributed by atoms with Gasteiger partial charge in [0.1, 0.15) is 0 Å². The highest BCUT2D eigenvalue weighted by Crippen LogP contribution is 2.05. The predicted octanol–water partition coefficient (Wildman–Crippen LogP) is 2.94. The molecule has 1 aromatic carbocycles. The molecule has 0 bridgehead atoms. The highest BCUT2D eigenvalue weighted by molar-refractivity contribution is 5.79. The summed E-state index contributed by atoms with van der Waals surface area (Å²) in [6, 6.07) is 8.51. The molecule has 0 heterocycles. The Kier molecular flexibility index (Phi) is 5.34. The van der Waals surface area contributed by atoms with Crippen LogP contribution in [0.4, 0.5) is 0 Å². The van der Waals surface area contributed by atoms with Gasteiger partial charge in [-0.05, 0) is 18.0 Å². The second kappa shape index (κ2) is 7.09. The van der Waals surface area contributed by atoms with Crippen LogP contribution in [-0.2, 0) is 9.53 Å². The Morgan fingerprint density at radius 2 is 2.24 bits per heavy atom. The average molecular weight is 231 g/mol. The molecule has 0 spiro atoms. The Hall–Kier alpha value is -2.26. The molecule has 0 aliphatic rings. The summed E-state index contributed by atoms with van der Waals surface area (Å²) in [6.45, 7) is 1.96. The van der Waals surface area contributed by atoms with Gasteiger partial charge >= 0.3 is 5.97 Å². The molecule has 17 heavy (non-hydrogen) atoms. The van der Waals surface area contributed by atoms with Crippen molar-refractivity contribution in [2.45, 2.75) is 13.0 Å². The van der Waals surface area contributed by atoms with Crippen LogP contribution in [0.15, 0.2) is 41.5 Å². The highest BCUT2D eigenvalue weighted by atomic mass is 16.5. The standard InChI is InChI=1S/C12H13N3O2/c1-2-17-12(16)11(14-15-13)9-8-10-6-4-3-5-7-10/h3-9,11H,2H2,1H3/b9-8+. The van der Waals surface area contributed by atoms with Gasteiger partial charge in [-0.1, -0.05) is 47.6 Å². The third kappa shape index (κ3) is 4.40. The van der Waals surface area contributed by atoms with Gasteiger partial charge in [-0.2, -0.15) is 0 Å². The van der Waals surface area contributed by atoms with E-state index in [0.717, 1.165) is 5.56 Å². The van der Waals surface area contributed by atoms with Crippen LogP contribution in [0.5, 0.6) is 0 Å². The second-order valence-electron chi connectivity index (χ2n) is 3.17. The van der Waals surface area contributed by atoms with E-state index in [9.17, 15) is 4.79 Å². The first-order chi connectivity index (χ1) is 8.27. The predicted molar refractivity (Wildman–Crippen MR) is 65.0 cm³/mol. The summed E-state index contributed by atoms with van der Waals surface area (Å²) in [5.41, 5.74) is 9.29. The Morgan fingerprint density at radius 1 is 1.53 bits per heavy atom. The van der Waals surface area contributed by atoms with Crippen LogP contribution in [0.25, 0.3) is 16.5 Å². The van der Waals surface area contributed by atoms with Gasteiger partial charge in [0, 0.05) is 4.91 Å². The quantitative estimate of drug-likeness (QED) is 0.338. The number of carbonyl (C=O) groups excluding carboxylic acids is 1. The van der Waals surface area contributed by atoms with Crippen molar-refractivity contribution in [1.29, 1.82) is 0 Å². The molecule has 0 saturated carbocycles. The Morgan fingerprint density at radius 3 is 2.82 bits per heavy atom. The molecule has 0 aliphatic carbocycles. The van der Waals surface area contributed by atoms with Gasteiger partial charge < -0.3 is 4.74 Å². The number of esters is 1. The van der Waals surface area contributed by atoms with Crippen molar-refractivity contribution in [3.8, 4) is 0 Å². The normalized spacial score (nSPS) is 11.8. The second-order valence-corrected chi connectivity index (χ2v) is 3.17. The first-order valence-corrected chi connectivity index (χ1v) is 5.22. The van der Waals surface area contributed by atoms with Crippen LogP contribution in [0.1, 0.15) is 12.5 Å². The van der Waals surface area contributed by atoms with Crippen LogP contribution in [0.3, 0.4) is 0 Å². The van der Waals surface area contributed by atoms with E-state index in [4.69, 9.17) is 10.3 Å². The molecule has 0 aliphatic heterocycles. The number of nitrogens with zero attached hydrogens (tertiary/aromatic N) is 3. The molecule has 0 amide bonds. The van der Waals surface area contributed by atoms with Gasteiger partial charge in [0.25, 0.3) is 0 Å². The maximum Gasteiger partial charge on any atom is 0.318 e. The monoisotopic (exact) mass is 231 g/mol. The summed E-state index contributed by atoms with van der Waals surface area (Å²) in [6.07, 6.45) is 3.24. The summed E-state index contributed by atoms with van der Waals surface area (Å²) in [5, 5.41) is 3.38. The van der Waals surface area contributed by atoms with Crippen LogP contribution in [0.2, 0.25) is 0 Å². The lowest BCUT2D eigenvalue weighted by Crippen LogP contribution is -2.18. The molecular formula is C12H13N3O2. The third-order valence-corrected chi connectivity index (χ3v) is 1.97. The molecule has 0 fully saturated rings. The number of rotatable bonds is 5. The van der Waals surface area contributed by atoms with Crippen molar-refractivity contribution >= 4 is 12.0 Å². The van der Waals surface area contributed by atoms with Crippen molar-refractivity contribution < 1.29 is 9.53 Å². The summed E-state index contributed by atoms with van der Waals surface area (Å²) in [5.74, 6) is -0.544. The van der Waals surface area contributed by atoms with E-state index in [1.165, 1.54) is 6.08 Å². The van der Waals surface area contributed by atoms with Gasteiger partial charge in [-0.25, -0.2) is 0 Å². The minimum atomic E-state index is -0.917. The number of hydrogen-bond donors (Lipinski definition) is 0. The van der Waals surface area contributed by atoms with Crippen LogP contribution in [-0.4, -0.2) is 18.6 Å². The molecule has 1 unspecified atom stereocenters. The molecule has 0 aromatic heterocycles. The average Bonchev–Trinajstić information content (AvgIpc) is 2.36. The first kappa shape index (κ1) is 12.8. The van der Waals surface area contributed by atoms with E-state index in [1.807, 2.05) is 30.3 Å². The zero-order chi connectivity index (χ0) is 12.5. The lowest BCUT2D eigenvalue weighted by atomic mass is 10.2. The Bertz CT molecular complexity index is 436. The SMILES string of the molecule is CCOC(=O)C(/C=C/c1ccccc1)N=[N+]=[N-]. The molecule has 1 atom stereocenters. The highest BCUT2D eigenvalue weighted by Gasteiger charge is 2.13. The minimum Gasteiger partial charge on any atom is -0.465 e. The summed E-state index contributed by atoms with van der Waals surface area (Å²) in [4.78, 5) is 14.0. The Labute approximate surface area is 99.3 Å². The van der Waals surface area contributed by atoms with E-state index < -0.39 is 12.0 Å². The van der Waals surface area contributed by atoms with E-state index in [1.54, 1.807) is 13.0 Å². The van der Waals surface area contributed by atoms with Gasteiger partial charge in [0.2, 0.25) is 0 Å². The molecule has 1 aromatic rings. The lowest BCUT2D eigenvalue weighted by Gasteiger charge is -2.04. The van der Waals surface area contributed by atoms with Crippen molar-refractivity contribution in [3.05, 3.63) is 52.4 Å². The first-order valence-electron chi connectivity index (χ1n) is 5.22. The van der Waals surface area contributed by atoms with Crippen molar-refractivity contribution in [2.24, 2.45) is 5.11 Å². The Balaban J connectivity index is 2.76. The minimum absolute atomic E-state index is 0.259. The zero-order valence-corrected chi connectivity index (χ0v) is 9.48. The largest absolute Gasteiger partial charge is 0.465 e. The fraction of sp³-hybridized carbons (Fsp3) is 0.250. The summed E-state index contributed by atoms with van der Waals surface area (Å²) < 4.78 is 4.79. The van der Waals surface area contributed by atoms with Crippen molar-refractivity contribution in [1.82, 2.24) is 0 Å². The van der Waals surface area contributed by atoms with Crippen LogP contribution in [0, 0.1) is 0 Å². The molecule has 0 N–H and O–H groups in total. The molecule has 0 radical (unpaired) electrons. The molecule has 5 nitrogen and oxygen atoms in total. The molecular weight excluding hydrogens is 218 g/mol. The van der Waals surface area contributed by atoms with E-state index >= 15 is 0 Å². The summed E-state index contributed by atoms with van der Waals surface area (Å²) >= 11 is 0. The lowest BCUT2D eigenvalue weighted by molar-refractivity contribution is -0.143. The van der Waals surface area contributed by atoms with Gasteiger partial charge in [-0.3, -0.25) is 4.79 Å². The number of azide groups is 1. The maximum absolute atomic E-state index is 11.4. The van der Waals surface area contributed by atoms with Gasteiger partial charge in [0.05, 0.1) is 6.61 Å². The third-order valence-electron chi connectivity index (χ3n) is 1.97. The van der Waals surface area contributed by atoms with Gasteiger partial charge in [-0.15, -0.1) is 0 Å². The maximum atomic E-state index is 11.4. The fourth-order valence-electron chi connectivity index (χ4n) is 1.21. The fourth-order valence-corrected chi connectivity index (χ4v) is 1.21. The van der Waals surface area contributed by atoms with E-state index in [-0.39, 0.29) is 6.61 Å². The van der Waals surface area contributed by atoms with E-state index in [2.05, 4.69) is 10.0 Å². The smallest absolute Gasteiger partial charge is 0.318 e. The summed E-state index contributed by atoms with van der Waals surface area (Å²) in [7, 11) is 0. The zero-order valence-electron chi connectivity index (χ0n) is 9.48. The topological polar surface area (TPSA) is 75.1 Å². The molecule has 0 saturated heterocycles. The number of ether oxygens (including phenoxy) is 1. The number of benzene rings is 1. The number of hydrogen-bond acceptors (Lipinski definition) is 3. The number of carbonyl (C=O) groups is 1. The van der Waals surface area contributed by atoms with Crippen molar-refractivity contribution in [3.63, 3.8) is 0 Å². The van der Waals surface area contributed by atoms with Gasteiger partial charge in [0.15, 0.2) is 6.04 Å². The van der Waals surface area contributed by atoms with Crippen LogP contribution < -0.4 is 0 Å². The molecule has 1 rings (SSSR count). The molecule has 5 heteroatoms.